The Hall–Kier alpha value is -1.06. The summed E-state index contributed by atoms with van der Waals surface area (Å²) in [6.07, 6.45) is 4.06. The van der Waals surface area contributed by atoms with E-state index < -0.39 is 0 Å². The molecule has 0 aromatic heterocycles. The molecule has 0 N–H and O–H groups in total. The molecule has 110 valence electrons. The van der Waals surface area contributed by atoms with E-state index in [1.54, 1.807) is 7.11 Å². The van der Waals surface area contributed by atoms with Gasteiger partial charge in [0.25, 0.3) is 0 Å². The Bertz CT molecular complexity index is 423. The highest BCUT2D eigenvalue weighted by Crippen LogP contribution is 2.29. The molecule has 3 rings (SSSR count). The molecule has 0 unspecified atom stereocenters. The predicted molar refractivity (Wildman–Crippen MR) is 82.3 cm³/mol. The zero-order valence-electron chi connectivity index (χ0n) is 12.6. The maximum Gasteiger partial charge on any atom is 0.119 e. The van der Waals surface area contributed by atoms with E-state index in [-0.39, 0.29) is 0 Å². The van der Waals surface area contributed by atoms with Crippen LogP contribution in [0.25, 0.3) is 0 Å². The normalized spacial score (nSPS) is 21.1. The van der Waals surface area contributed by atoms with Gasteiger partial charge in [0.15, 0.2) is 0 Å². The van der Waals surface area contributed by atoms with E-state index in [4.69, 9.17) is 4.74 Å². The highest BCUT2D eigenvalue weighted by atomic mass is 16.5. The van der Waals surface area contributed by atoms with E-state index in [1.807, 2.05) is 6.07 Å². The first-order valence-electron chi connectivity index (χ1n) is 7.91. The minimum Gasteiger partial charge on any atom is -0.497 e. The van der Waals surface area contributed by atoms with E-state index >= 15 is 0 Å². The number of benzene rings is 1. The summed E-state index contributed by atoms with van der Waals surface area (Å²) in [5, 5.41) is 0. The molecule has 1 saturated carbocycles. The maximum atomic E-state index is 5.28. The van der Waals surface area contributed by atoms with E-state index in [0.717, 1.165) is 18.1 Å². The van der Waals surface area contributed by atoms with Crippen molar-refractivity contribution in [1.29, 1.82) is 0 Å². The van der Waals surface area contributed by atoms with Crippen LogP contribution in [0, 0.1) is 5.92 Å². The number of piperazine rings is 1. The second-order valence-electron chi connectivity index (χ2n) is 6.19. The van der Waals surface area contributed by atoms with Crippen molar-refractivity contribution in [2.24, 2.45) is 5.92 Å². The van der Waals surface area contributed by atoms with Crippen LogP contribution < -0.4 is 4.74 Å². The number of methoxy groups -OCH3 is 1. The molecule has 1 aliphatic carbocycles. The Morgan fingerprint density at radius 1 is 1.10 bits per heavy atom. The molecule has 0 spiro atoms. The monoisotopic (exact) mass is 274 g/mol. The van der Waals surface area contributed by atoms with Crippen molar-refractivity contribution < 1.29 is 4.74 Å². The Morgan fingerprint density at radius 3 is 2.55 bits per heavy atom. The standard InChI is InChI=1S/C17H26N2O/c1-20-17-4-2-3-15(13-17)7-8-18-9-11-19(12-10-18)14-16-5-6-16/h2-4,13,16H,5-12,14H2,1H3. The smallest absolute Gasteiger partial charge is 0.119 e. The fourth-order valence-electron chi connectivity index (χ4n) is 2.98. The molecule has 0 bridgehead atoms. The van der Waals surface area contributed by atoms with Gasteiger partial charge in [0.1, 0.15) is 5.75 Å². The quantitative estimate of drug-likeness (QED) is 0.791. The molecule has 2 aliphatic rings. The van der Waals surface area contributed by atoms with Gasteiger partial charge in [-0.2, -0.15) is 0 Å². The maximum absolute atomic E-state index is 5.28. The molecular weight excluding hydrogens is 248 g/mol. The van der Waals surface area contributed by atoms with Gasteiger partial charge in [-0.1, -0.05) is 12.1 Å². The first kappa shape index (κ1) is 13.9. The van der Waals surface area contributed by atoms with Crippen molar-refractivity contribution in [1.82, 2.24) is 9.80 Å². The van der Waals surface area contributed by atoms with Crippen LogP contribution in [0.1, 0.15) is 18.4 Å². The average Bonchev–Trinajstić information content (AvgIpc) is 3.31. The summed E-state index contributed by atoms with van der Waals surface area (Å²) < 4.78 is 5.28. The van der Waals surface area contributed by atoms with E-state index in [0.29, 0.717) is 0 Å². The highest BCUT2D eigenvalue weighted by molar-refractivity contribution is 5.28. The topological polar surface area (TPSA) is 15.7 Å². The molecule has 3 nitrogen and oxygen atoms in total. The van der Waals surface area contributed by atoms with Crippen molar-refractivity contribution in [2.45, 2.75) is 19.3 Å². The van der Waals surface area contributed by atoms with E-state index in [1.165, 1.54) is 57.7 Å². The van der Waals surface area contributed by atoms with Crippen molar-refractivity contribution in [3.8, 4) is 5.75 Å². The van der Waals surface area contributed by atoms with Crippen molar-refractivity contribution in [2.75, 3.05) is 46.4 Å². The van der Waals surface area contributed by atoms with Crippen LogP contribution in [-0.4, -0.2) is 56.2 Å². The minimum absolute atomic E-state index is 0.969. The number of ether oxygens (including phenoxy) is 1. The van der Waals surface area contributed by atoms with Gasteiger partial charge < -0.3 is 14.5 Å². The van der Waals surface area contributed by atoms with Crippen LogP contribution in [0.2, 0.25) is 0 Å². The summed E-state index contributed by atoms with van der Waals surface area (Å²) in [6.45, 7) is 7.50. The lowest BCUT2D eigenvalue weighted by molar-refractivity contribution is 0.129. The summed E-state index contributed by atoms with van der Waals surface area (Å²) in [6, 6.07) is 8.46. The Kier molecular flexibility index (Phi) is 4.58. The zero-order valence-corrected chi connectivity index (χ0v) is 12.6. The van der Waals surface area contributed by atoms with Crippen molar-refractivity contribution in [3.63, 3.8) is 0 Å². The molecule has 3 heteroatoms. The number of hydrogen-bond acceptors (Lipinski definition) is 3. The van der Waals surface area contributed by atoms with Crippen LogP contribution in [0.4, 0.5) is 0 Å². The number of rotatable bonds is 6. The van der Waals surface area contributed by atoms with Crippen molar-refractivity contribution in [3.05, 3.63) is 29.8 Å². The van der Waals surface area contributed by atoms with Crippen LogP contribution >= 0.6 is 0 Å². The lowest BCUT2D eigenvalue weighted by Crippen LogP contribution is -2.47. The molecule has 1 aromatic rings. The second-order valence-corrected chi connectivity index (χ2v) is 6.19. The van der Waals surface area contributed by atoms with Crippen LogP contribution in [0.3, 0.4) is 0 Å². The second kappa shape index (κ2) is 6.59. The van der Waals surface area contributed by atoms with Gasteiger partial charge in [0, 0.05) is 39.3 Å². The Morgan fingerprint density at radius 2 is 1.85 bits per heavy atom. The van der Waals surface area contributed by atoms with Crippen LogP contribution in [0.5, 0.6) is 5.75 Å². The molecule has 0 radical (unpaired) electrons. The fourth-order valence-corrected chi connectivity index (χ4v) is 2.98. The zero-order chi connectivity index (χ0) is 13.8. The molecule has 1 saturated heterocycles. The summed E-state index contributed by atoms with van der Waals surface area (Å²) in [5.74, 6) is 2.00. The van der Waals surface area contributed by atoms with Gasteiger partial charge >= 0.3 is 0 Å². The third kappa shape index (κ3) is 3.97. The molecule has 0 amide bonds. The summed E-state index contributed by atoms with van der Waals surface area (Å²) >= 11 is 0. The predicted octanol–water partition coefficient (Wildman–Crippen LogP) is 2.27. The van der Waals surface area contributed by atoms with E-state index in [9.17, 15) is 0 Å². The van der Waals surface area contributed by atoms with Gasteiger partial charge in [-0.15, -0.1) is 0 Å². The van der Waals surface area contributed by atoms with Gasteiger partial charge in [0.2, 0.25) is 0 Å². The van der Waals surface area contributed by atoms with Crippen molar-refractivity contribution >= 4 is 0 Å². The summed E-state index contributed by atoms with van der Waals surface area (Å²) in [5.41, 5.74) is 1.38. The van der Waals surface area contributed by atoms with Gasteiger partial charge in [-0.05, 0) is 42.9 Å². The molecule has 1 heterocycles. The van der Waals surface area contributed by atoms with Gasteiger partial charge in [-0.25, -0.2) is 0 Å². The fraction of sp³-hybridized carbons (Fsp3) is 0.647. The molecule has 1 aromatic carbocycles. The lowest BCUT2D eigenvalue weighted by atomic mass is 10.1. The Balaban J connectivity index is 1.40. The lowest BCUT2D eigenvalue weighted by Gasteiger charge is -2.34. The first-order valence-corrected chi connectivity index (χ1v) is 7.91. The third-order valence-electron chi connectivity index (χ3n) is 4.53. The number of nitrogens with zero attached hydrogens (tertiary/aromatic N) is 2. The minimum atomic E-state index is 0.969. The number of hydrogen-bond donors (Lipinski definition) is 0. The summed E-state index contributed by atoms with van der Waals surface area (Å²) in [4.78, 5) is 5.25. The average molecular weight is 274 g/mol. The molecule has 0 atom stereocenters. The Labute approximate surface area is 122 Å². The molecule has 1 aliphatic heterocycles. The SMILES string of the molecule is COc1cccc(CCN2CCN(CC3CC3)CC2)c1. The first-order chi connectivity index (χ1) is 9.83. The molecule has 2 fully saturated rings. The van der Waals surface area contributed by atoms with Crippen LogP contribution in [0.15, 0.2) is 24.3 Å². The van der Waals surface area contributed by atoms with Crippen LogP contribution in [-0.2, 0) is 6.42 Å². The van der Waals surface area contributed by atoms with E-state index in [2.05, 4.69) is 28.0 Å². The highest BCUT2D eigenvalue weighted by Gasteiger charge is 2.26. The summed E-state index contributed by atoms with van der Waals surface area (Å²) in [7, 11) is 1.73. The molecular formula is C17H26N2O. The third-order valence-corrected chi connectivity index (χ3v) is 4.53. The van der Waals surface area contributed by atoms with Gasteiger partial charge in [-0.3, -0.25) is 0 Å². The molecule has 20 heavy (non-hydrogen) atoms. The largest absolute Gasteiger partial charge is 0.497 e. The van der Waals surface area contributed by atoms with Gasteiger partial charge in [0.05, 0.1) is 7.11 Å².